The molecule has 0 heterocycles. The van der Waals surface area contributed by atoms with Crippen LogP contribution in [0.15, 0.2) is 29.2 Å². The van der Waals surface area contributed by atoms with Gasteiger partial charge < -0.3 is 11.1 Å². The summed E-state index contributed by atoms with van der Waals surface area (Å²) < 4.78 is 0. The number of hydrogen-bond donors (Lipinski definition) is 2. The fourth-order valence-electron chi connectivity index (χ4n) is 1.68. The molecule has 2 rings (SSSR count). The van der Waals surface area contributed by atoms with Crippen molar-refractivity contribution < 1.29 is 4.79 Å². The molecule has 1 saturated carbocycles. The lowest BCUT2D eigenvalue weighted by Crippen LogP contribution is -2.39. The van der Waals surface area contributed by atoms with Crippen LogP contribution in [0.25, 0.3) is 0 Å². The number of carbonyl (C=O) groups excluding carboxylic acids is 1. The summed E-state index contributed by atoms with van der Waals surface area (Å²) in [7, 11) is 0. The largest absolute Gasteiger partial charge is 0.354 e. The molecule has 0 aromatic heterocycles. The van der Waals surface area contributed by atoms with Gasteiger partial charge in [0.15, 0.2) is 0 Å². The Morgan fingerprint density at radius 2 is 2.22 bits per heavy atom. The van der Waals surface area contributed by atoms with Crippen LogP contribution in [0.1, 0.15) is 12.8 Å². The molecule has 98 valence electrons. The molecule has 0 saturated heterocycles. The minimum atomic E-state index is 0.0102. The SMILES string of the molecule is NC(CNC(=O)CSc1ccccc1Cl)C1CC1. The normalized spacial score (nSPS) is 16.3. The Bertz CT molecular complexity index is 423. The Morgan fingerprint density at radius 1 is 1.50 bits per heavy atom. The van der Waals surface area contributed by atoms with Crippen molar-refractivity contribution in [3.05, 3.63) is 29.3 Å². The summed E-state index contributed by atoms with van der Waals surface area (Å²) in [6.07, 6.45) is 2.40. The number of amides is 1. The van der Waals surface area contributed by atoms with Gasteiger partial charge in [0.1, 0.15) is 0 Å². The van der Waals surface area contributed by atoms with E-state index in [1.165, 1.54) is 24.6 Å². The van der Waals surface area contributed by atoms with Crippen molar-refractivity contribution in [2.75, 3.05) is 12.3 Å². The fourth-order valence-corrected chi connectivity index (χ4v) is 2.75. The summed E-state index contributed by atoms with van der Waals surface area (Å²) in [4.78, 5) is 12.6. The van der Waals surface area contributed by atoms with Crippen LogP contribution >= 0.6 is 23.4 Å². The molecule has 1 aliphatic carbocycles. The van der Waals surface area contributed by atoms with E-state index in [1.807, 2.05) is 24.3 Å². The second-order valence-corrected chi connectivity index (χ2v) is 5.95. The van der Waals surface area contributed by atoms with Crippen LogP contribution in [0.5, 0.6) is 0 Å². The topological polar surface area (TPSA) is 55.1 Å². The molecule has 1 aromatic carbocycles. The maximum Gasteiger partial charge on any atom is 0.230 e. The number of halogens is 1. The number of hydrogen-bond acceptors (Lipinski definition) is 3. The zero-order valence-electron chi connectivity index (χ0n) is 10.1. The molecule has 1 atom stereocenters. The first-order valence-electron chi connectivity index (χ1n) is 6.06. The highest BCUT2D eigenvalue weighted by Gasteiger charge is 2.28. The predicted octanol–water partition coefficient (Wildman–Crippen LogP) is 2.29. The number of carbonyl (C=O) groups is 1. The zero-order valence-corrected chi connectivity index (χ0v) is 11.6. The smallest absolute Gasteiger partial charge is 0.230 e. The van der Waals surface area contributed by atoms with Crippen LogP contribution in [-0.4, -0.2) is 24.2 Å². The third-order valence-corrected chi connectivity index (χ3v) is 4.47. The first kappa shape index (κ1) is 13.7. The van der Waals surface area contributed by atoms with Crippen molar-refractivity contribution in [3.8, 4) is 0 Å². The van der Waals surface area contributed by atoms with E-state index >= 15 is 0 Å². The Morgan fingerprint density at radius 3 is 2.89 bits per heavy atom. The zero-order chi connectivity index (χ0) is 13.0. The molecule has 1 amide bonds. The second-order valence-electron chi connectivity index (χ2n) is 4.52. The monoisotopic (exact) mass is 284 g/mol. The molecule has 0 spiro atoms. The highest BCUT2D eigenvalue weighted by molar-refractivity contribution is 8.00. The van der Waals surface area contributed by atoms with Crippen molar-refractivity contribution in [1.29, 1.82) is 0 Å². The average Bonchev–Trinajstić information content (AvgIpc) is 3.19. The number of nitrogens with two attached hydrogens (primary N) is 1. The molecule has 3 nitrogen and oxygen atoms in total. The van der Waals surface area contributed by atoms with Gasteiger partial charge in [-0.25, -0.2) is 0 Å². The van der Waals surface area contributed by atoms with Gasteiger partial charge in [0, 0.05) is 17.5 Å². The van der Waals surface area contributed by atoms with E-state index < -0.39 is 0 Å². The molecule has 1 aliphatic rings. The molecule has 3 N–H and O–H groups in total. The molecular weight excluding hydrogens is 268 g/mol. The maximum atomic E-state index is 11.6. The van der Waals surface area contributed by atoms with Crippen LogP contribution in [0.4, 0.5) is 0 Å². The Kier molecular flexibility index (Phi) is 4.92. The molecule has 0 radical (unpaired) electrons. The van der Waals surface area contributed by atoms with E-state index in [2.05, 4.69) is 5.32 Å². The van der Waals surface area contributed by atoms with Gasteiger partial charge in [-0.2, -0.15) is 0 Å². The summed E-state index contributed by atoms with van der Waals surface area (Å²) in [5.74, 6) is 0.999. The van der Waals surface area contributed by atoms with Crippen LogP contribution < -0.4 is 11.1 Å². The summed E-state index contributed by atoms with van der Waals surface area (Å²) in [6, 6.07) is 7.64. The molecule has 5 heteroatoms. The van der Waals surface area contributed by atoms with E-state index in [4.69, 9.17) is 17.3 Å². The molecule has 18 heavy (non-hydrogen) atoms. The molecule has 0 bridgehead atoms. The van der Waals surface area contributed by atoms with Gasteiger partial charge in [0.25, 0.3) is 0 Å². The molecule has 1 aromatic rings. The van der Waals surface area contributed by atoms with E-state index in [9.17, 15) is 4.79 Å². The number of thioether (sulfide) groups is 1. The lowest BCUT2D eigenvalue weighted by molar-refractivity contribution is -0.118. The molecule has 0 aliphatic heterocycles. The van der Waals surface area contributed by atoms with Gasteiger partial charge in [-0.3, -0.25) is 4.79 Å². The molecule has 1 fully saturated rings. The second kappa shape index (κ2) is 6.45. The van der Waals surface area contributed by atoms with Crippen LogP contribution in [0.2, 0.25) is 5.02 Å². The Labute approximate surface area is 116 Å². The maximum absolute atomic E-state index is 11.6. The summed E-state index contributed by atoms with van der Waals surface area (Å²) >= 11 is 7.46. The Hall–Kier alpha value is -0.710. The van der Waals surface area contributed by atoms with E-state index in [-0.39, 0.29) is 11.9 Å². The average molecular weight is 285 g/mol. The summed E-state index contributed by atoms with van der Waals surface area (Å²) in [5.41, 5.74) is 5.92. The van der Waals surface area contributed by atoms with Gasteiger partial charge in [-0.05, 0) is 30.9 Å². The van der Waals surface area contributed by atoms with Gasteiger partial charge in [0.2, 0.25) is 5.91 Å². The van der Waals surface area contributed by atoms with Crippen molar-refractivity contribution in [2.45, 2.75) is 23.8 Å². The Balaban J connectivity index is 1.69. The number of benzene rings is 1. The van der Waals surface area contributed by atoms with E-state index in [0.717, 1.165) is 4.90 Å². The third-order valence-electron chi connectivity index (χ3n) is 2.96. The van der Waals surface area contributed by atoms with Crippen molar-refractivity contribution in [2.24, 2.45) is 11.7 Å². The lowest BCUT2D eigenvalue weighted by atomic mass is 10.2. The highest BCUT2D eigenvalue weighted by Crippen LogP contribution is 2.31. The number of nitrogens with one attached hydrogen (secondary N) is 1. The standard InChI is InChI=1S/C13H17ClN2OS/c14-10-3-1-2-4-12(10)18-8-13(17)16-7-11(15)9-5-6-9/h1-4,9,11H,5-8,15H2,(H,16,17). The van der Waals surface area contributed by atoms with Crippen molar-refractivity contribution in [3.63, 3.8) is 0 Å². The first-order chi connectivity index (χ1) is 8.66. The van der Waals surface area contributed by atoms with Gasteiger partial charge in [-0.15, -0.1) is 11.8 Å². The van der Waals surface area contributed by atoms with Crippen LogP contribution in [0.3, 0.4) is 0 Å². The quantitative estimate of drug-likeness (QED) is 0.788. The van der Waals surface area contributed by atoms with E-state index in [1.54, 1.807) is 0 Å². The number of rotatable bonds is 6. The molecule has 1 unspecified atom stereocenters. The minimum absolute atomic E-state index is 0.0102. The van der Waals surface area contributed by atoms with Crippen molar-refractivity contribution in [1.82, 2.24) is 5.32 Å². The van der Waals surface area contributed by atoms with Gasteiger partial charge in [0.05, 0.1) is 10.8 Å². The van der Waals surface area contributed by atoms with Gasteiger partial charge >= 0.3 is 0 Å². The lowest BCUT2D eigenvalue weighted by Gasteiger charge is -2.11. The first-order valence-corrected chi connectivity index (χ1v) is 7.43. The molecular formula is C13H17ClN2OS. The van der Waals surface area contributed by atoms with Crippen molar-refractivity contribution >= 4 is 29.3 Å². The van der Waals surface area contributed by atoms with Crippen LogP contribution in [-0.2, 0) is 4.79 Å². The van der Waals surface area contributed by atoms with Gasteiger partial charge in [-0.1, -0.05) is 23.7 Å². The minimum Gasteiger partial charge on any atom is -0.354 e. The predicted molar refractivity (Wildman–Crippen MR) is 75.9 cm³/mol. The van der Waals surface area contributed by atoms with Crippen LogP contribution in [0, 0.1) is 5.92 Å². The third kappa shape index (κ3) is 4.19. The fraction of sp³-hybridized carbons (Fsp3) is 0.462. The summed E-state index contributed by atoms with van der Waals surface area (Å²) in [5, 5.41) is 3.55. The summed E-state index contributed by atoms with van der Waals surface area (Å²) in [6.45, 7) is 0.576. The van der Waals surface area contributed by atoms with E-state index in [0.29, 0.717) is 23.2 Å². The highest BCUT2D eigenvalue weighted by atomic mass is 35.5.